The van der Waals surface area contributed by atoms with Gasteiger partial charge in [-0.1, -0.05) is 22.0 Å². The van der Waals surface area contributed by atoms with E-state index in [0.29, 0.717) is 6.04 Å². The van der Waals surface area contributed by atoms with Crippen LogP contribution in [0.5, 0.6) is 5.75 Å². The molecule has 2 aromatic rings. The van der Waals surface area contributed by atoms with Gasteiger partial charge in [-0.15, -0.1) is 0 Å². The van der Waals surface area contributed by atoms with Crippen molar-refractivity contribution in [3.63, 3.8) is 0 Å². The Morgan fingerprint density at radius 1 is 1.35 bits per heavy atom. The summed E-state index contributed by atoms with van der Waals surface area (Å²) in [5.74, 6) is 0.977. The first-order valence-corrected chi connectivity index (χ1v) is 7.62. The topological polar surface area (TPSA) is 34.1 Å². The van der Waals surface area contributed by atoms with E-state index < -0.39 is 0 Å². The minimum Gasteiger partial charge on any atom is -0.493 e. The lowest BCUT2D eigenvalue weighted by Gasteiger charge is -2.29. The van der Waals surface area contributed by atoms with E-state index in [1.165, 1.54) is 5.56 Å². The van der Waals surface area contributed by atoms with Gasteiger partial charge in [0, 0.05) is 34.7 Å². The van der Waals surface area contributed by atoms with Crippen molar-refractivity contribution in [3.05, 3.63) is 58.3 Å². The van der Waals surface area contributed by atoms with E-state index in [2.05, 4.69) is 45.3 Å². The van der Waals surface area contributed by atoms with Gasteiger partial charge in [-0.3, -0.25) is 4.98 Å². The Bertz CT molecular complexity index is 588. The smallest absolute Gasteiger partial charge is 0.124 e. The molecule has 0 saturated heterocycles. The largest absolute Gasteiger partial charge is 0.493 e. The van der Waals surface area contributed by atoms with Crippen LogP contribution in [0.3, 0.4) is 0 Å². The molecule has 0 spiro atoms. The second-order valence-electron chi connectivity index (χ2n) is 5.01. The summed E-state index contributed by atoms with van der Waals surface area (Å²) in [5, 5.41) is 3.66. The first-order valence-electron chi connectivity index (χ1n) is 6.83. The molecule has 0 aliphatic carbocycles. The Hall–Kier alpha value is -1.39. The van der Waals surface area contributed by atoms with Crippen LogP contribution in [0.25, 0.3) is 0 Å². The number of benzene rings is 1. The van der Waals surface area contributed by atoms with E-state index in [1.54, 1.807) is 0 Å². The van der Waals surface area contributed by atoms with Gasteiger partial charge in [0.1, 0.15) is 5.75 Å². The molecule has 1 aromatic carbocycles. The number of halogens is 1. The third-order valence-electron chi connectivity index (χ3n) is 3.59. The lowest BCUT2D eigenvalue weighted by atomic mass is 9.99. The van der Waals surface area contributed by atoms with Crippen LogP contribution in [0, 0.1) is 0 Å². The highest BCUT2D eigenvalue weighted by molar-refractivity contribution is 9.10. The first kappa shape index (κ1) is 13.6. The average molecular weight is 333 g/mol. The zero-order valence-electron chi connectivity index (χ0n) is 11.3. The molecule has 0 radical (unpaired) electrons. The van der Waals surface area contributed by atoms with Crippen LogP contribution in [0.15, 0.2) is 47.1 Å². The van der Waals surface area contributed by atoms with Gasteiger partial charge in [0.15, 0.2) is 0 Å². The summed E-state index contributed by atoms with van der Waals surface area (Å²) in [7, 11) is 0. The zero-order valence-corrected chi connectivity index (χ0v) is 12.9. The van der Waals surface area contributed by atoms with Gasteiger partial charge >= 0.3 is 0 Å². The van der Waals surface area contributed by atoms with Crippen molar-refractivity contribution in [2.75, 3.05) is 6.61 Å². The second-order valence-corrected chi connectivity index (χ2v) is 5.93. The van der Waals surface area contributed by atoms with Crippen LogP contribution in [0.2, 0.25) is 0 Å². The maximum absolute atomic E-state index is 5.72. The third-order valence-corrected chi connectivity index (χ3v) is 4.09. The number of nitrogens with one attached hydrogen (secondary N) is 1. The van der Waals surface area contributed by atoms with Gasteiger partial charge in [-0.05, 0) is 37.3 Å². The Labute approximate surface area is 127 Å². The van der Waals surface area contributed by atoms with E-state index in [0.717, 1.165) is 28.9 Å². The van der Waals surface area contributed by atoms with Crippen LogP contribution in [0.4, 0.5) is 0 Å². The molecule has 4 heteroatoms. The lowest BCUT2D eigenvalue weighted by Crippen LogP contribution is -2.29. The Balaban J connectivity index is 1.81. The predicted octanol–water partition coefficient (Wildman–Crippen LogP) is 4.02. The molecule has 104 valence electrons. The molecule has 2 heterocycles. The molecule has 20 heavy (non-hydrogen) atoms. The molecule has 1 aromatic heterocycles. The van der Waals surface area contributed by atoms with Crippen molar-refractivity contribution >= 4 is 15.9 Å². The van der Waals surface area contributed by atoms with Gasteiger partial charge in [0.2, 0.25) is 0 Å². The number of hydrogen-bond acceptors (Lipinski definition) is 3. The van der Waals surface area contributed by atoms with Crippen molar-refractivity contribution < 1.29 is 4.74 Å². The van der Waals surface area contributed by atoms with E-state index in [9.17, 15) is 0 Å². The molecular weight excluding hydrogens is 316 g/mol. The molecule has 0 fully saturated rings. The average Bonchev–Trinajstić information content (AvgIpc) is 2.49. The quantitative estimate of drug-likeness (QED) is 0.921. The Morgan fingerprint density at radius 3 is 3.05 bits per heavy atom. The van der Waals surface area contributed by atoms with Gasteiger partial charge in [-0.2, -0.15) is 0 Å². The number of pyridine rings is 1. The fourth-order valence-electron chi connectivity index (χ4n) is 2.56. The highest BCUT2D eigenvalue weighted by atomic mass is 79.9. The normalized spacial score (nSPS) is 19.0. The van der Waals surface area contributed by atoms with Crippen LogP contribution in [-0.4, -0.2) is 11.6 Å². The number of aromatic nitrogens is 1. The molecule has 1 aliphatic heterocycles. The maximum Gasteiger partial charge on any atom is 0.124 e. The molecule has 1 aliphatic rings. The molecule has 0 saturated carbocycles. The Morgan fingerprint density at radius 2 is 2.25 bits per heavy atom. The summed E-state index contributed by atoms with van der Waals surface area (Å²) in [4.78, 5) is 4.41. The molecule has 1 unspecified atom stereocenters. The van der Waals surface area contributed by atoms with Gasteiger partial charge in [0.25, 0.3) is 0 Å². The summed E-state index contributed by atoms with van der Waals surface area (Å²) in [5.41, 5.74) is 2.28. The second kappa shape index (κ2) is 5.94. The maximum atomic E-state index is 5.72. The Kier molecular flexibility index (Phi) is 4.03. The standard InChI is InChI=1S/C16H17BrN2O/c1-11(14-4-2-3-8-18-14)19-15-7-9-20-16-6-5-12(17)10-13(15)16/h2-6,8,10-11,15,19H,7,9H2,1H3/t11-,15?/m1/s1. The lowest BCUT2D eigenvalue weighted by molar-refractivity contribution is 0.245. The third kappa shape index (κ3) is 2.86. The van der Waals surface area contributed by atoms with E-state index >= 15 is 0 Å². The summed E-state index contributed by atoms with van der Waals surface area (Å²) in [6.07, 6.45) is 2.81. The van der Waals surface area contributed by atoms with Crippen LogP contribution in [0.1, 0.15) is 36.7 Å². The minimum atomic E-state index is 0.214. The SMILES string of the molecule is C[C@@H](NC1CCOc2ccc(Br)cc21)c1ccccn1. The van der Waals surface area contributed by atoms with Crippen LogP contribution >= 0.6 is 15.9 Å². The summed E-state index contributed by atoms with van der Waals surface area (Å²) >= 11 is 3.53. The number of nitrogens with zero attached hydrogens (tertiary/aromatic N) is 1. The van der Waals surface area contributed by atoms with Crippen LogP contribution < -0.4 is 10.1 Å². The predicted molar refractivity (Wildman–Crippen MR) is 82.8 cm³/mol. The summed E-state index contributed by atoms with van der Waals surface area (Å²) in [6, 6.07) is 12.7. The number of fused-ring (bicyclic) bond motifs is 1. The van der Waals surface area contributed by atoms with E-state index in [4.69, 9.17) is 4.74 Å². The summed E-state index contributed by atoms with van der Waals surface area (Å²) in [6.45, 7) is 2.90. The number of rotatable bonds is 3. The molecule has 2 atom stereocenters. The van der Waals surface area contributed by atoms with Crippen molar-refractivity contribution in [1.82, 2.24) is 10.3 Å². The van der Waals surface area contributed by atoms with Gasteiger partial charge in [0.05, 0.1) is 12.3 Å². The monoisotopic (exact) mass is 332 g/mol. The highest BCUT2D eigenvalue weighted by Gasteiger charge is 2.23. The van der Waals surface area contributed by atoms with Gasteiger partial charge < -0.3 is 10.1 Å². The fraction of sp³-hybridized carbons (Fsp3) is 0.312. The van der Waals surface area contributed by atoms with E-state index in [-0.39, 0.29) is 6.04 Å². The molecule has 1 N–H and O–H groups in total. The molecule has 3 rings (SSSR count). The fourth-order valence-corrected chi connectivity index (χ4v) is 2.94. The number of hydrogen-bond donors (Lipinski definition) is 1. The summed E-state index contributed by atoms with van der Waals surface area (Å²) < 4.78 is 6.80. The van der Waals surface area contributed by atoms with Crippen LogP contribution in [-0.2, 0) is 0 Å². The van der Waals surface area contributed by atoms with Crippen molar-refractivity contribution in [3.8, 4) is 5.75 Å². The molecular formula is C16H17BrN2O. The highest BCUT2D eigenvalue weighted by Crippen LogP contribution is 2.35. The zero-order chi connectivity index (χ0) is 13.9. The van der Waals surface area contributed by atoms with Gasteiger partial charge in [-0.25, -0.2) is 0 Å². The number of ether oxygens (including phenoxy) is 1. The minimum absolute atomic E-state index is 0.214. The van der Waals surface area contributed by atoms with Crippen molar-refractivity contribution in [1.29, 1.82) is 0 Å². The van der Waals surface area contributed by atoms with Crippen molar-refractivity contribution in [2.45, 2.75) is 25.4 Å². The first-order chi connectivity index (χ1) is 9.74. The molecule has 0 bridgehead atoms. The van der Waals surface area contributed by atoms with Crippen molar-refractivity contribution in [2.24, 2.45) is 0 Å². The molecule has 3 nitrogen and oxygen atoms in total. The molecule has 0 amide bonds. The van der Waals surface area contributed by atoms with E-state index in [1.807, 2.05) is 30.5 Å².